The molecule has 1 aliphatic heterocycles. The van der Waals surface area contributed by atoms with Crippen molar-refractivity contribution in [2.45, 2.75) is 26.3 Å². The summed E-state index contributed by atoms with van der Waals surface area (Å²) >= 11 is 5.24. The molecule has 2 heterocycles. The molecule has 0 unspecified atom stereocenters. The van der Waals surface area contributed by atoms with E-state index in [1.807, 2.05) is 0 Å². The van der Waals surface area contributed by atoms with Gasteiger partial charge in [-0.3, -0.25) is 9.47 Å². The Labute approximate surface area is 113 Å². The fourth-order valence-corrected chi connectivity index (χ4v) is 2.89. The summed E-state index contributed by atoms with van der Waals surface area (Å²) in [6.07, 6.45) is 2.88. The molecule has 0 spiro atoms. The second-order valence-corrected chi connectivity index (χ2v) is 5.69. The predicted octanol–water partition coefficient (Wildman–Crippen LogP) is 1.49. The number of piperazine rings is 1. The van der Waals surface area contributed by atoms with Gasteiger partial charge in [0.15, 0.2) is 4.77 Å². The number of anilines is 1. The van der Waals surface area contributed by atoms with Crippen LogP contribution >= 0.6 is 12.2 Å². The molecule has 1 aliphatic carbocycles. The first-order valence-corrected chi connectivity index (χ1v) is 7.31. The fourth-order valence-electron chi connectivity index (χ4n) is 2.63. The number of aromatic amines is 1. The standard InChI is InChI=1S/C12H21N5S/c1-2-17-11(13-14-12(17)18)16-7-5-15(6-8-16)9-10-3-4-10/h10H,2-9H2,1H3,(H,14,18). The van der Waals surface area contributed by atoms with Gasteiger partial charge in [0, 0.05) is 39.3 Å². The summed E-state index contributed by atoms with van der Waals surface area (Å²) in [7, 11) is 0. The maximum Gasteiger partial charge on any atom is 0.225 e. The Bertz CT molecular complexity index is 453. The molecule has 0 bridgehead atoms. The highest BCUT2D eigenvalue weighted by molar-refractivity contribution is 7.71. The van der Waals surface area contributed by atoms with E-state index >= 15 is 0 Å². The van der Waals surface area contributed by atoms with Gasteiger partial charge in [0.05, 0.1) is 0 Å². The fraction of sp³-hybridized carbons (Fsp3) is 0.833. The van der Waals surface area contributed by atoms with Gasteiger partial charge in [-0.05, 0) is 37.9 Å². The van der Waals surface area contributed by atoms with E-state index < -0.39 is 0 Å². The van der Waals surface area contributed by atoms with Gasteiger partial charge in [0.25, 0.3) is 0 Å². The second-order valence-electron chi connectivity index (χ2n) is 5.30. The van der Waals surface area contributed by atoms with Crippen LogP contribution in [0.5, 0.6) is 0 Å². The van der Waals surface area contributed by atoms with Crippen LogP contribution in [0.2, 0.25) is 0 Å². The van der Waals surface area contributed by atoms with Gasteiger partial charge in [-0.1, -0.05) is 0 Å². The Hall–Kier alpha value is -0.880. The van der Waals surface area contributed by atoms with E-state index in [2.05, 4.69) is 31.5 Å². The van der Waals surface area contributed by atoms with Crippen LogP contribution in [0.4, 0.5) is 5.95 Å². The summed E-state index contributed by atoms with van der Waals surface area (Å²) < 4.78 is 2.80. The summed E-state index contributed by atoms with van der Waals surface area (Å²) in [4.78, 5) is 4.94. The topological polar surface area (TPSA) is 40.1 Å². The third-order valence-electron chi connectivity index (χ3n) is 3.92. The third-order valence-corrected chi connectivity index (χ3v) is 4.23. The normalized spacial score (nSPS) is 21.5. The molecule has 2 aliphatic rings. The van der Waals surface area contributed by atoms with Crippen LogP contribution in [0.1, 0.15) is 19.8 Å². The van der Waals surface area contributed by atoms with Crippen molar-refractivity contribution in [3.05, 3.63) is 4.77 Å². The smallest absolute Gasteiger partial charge is 0.225 e. The molecule has 1 saturated carbocycles. The Balaban J connectivity index is 1.62. The molecular formula is C12H21N5S. The average molecular weight is 267 g/mol. The minimum atomic E-state index is 0.730. The highest BCUT2D eigenvalue weighted by Gasteiger charge is 2.27. The van der Waals surface area contributed by atoms with Crippen LogP contribution in [0.15, 0.2) is 0 Å². The molecular weight excluding hydrogens is 246 g/mol. The molecule has 0 radical (unpaired) electrons. The van der Waals surface area contributed by atoms with Crippen molar-refractivity contribution in [1.29, 1.82) is 0 Å². The van der Waals surface area contributed by atoms with E-state index in [0.29, 0.717) is 0 Å². The molecule has 6 heteroatoms. The van der Waals surface area contributed by atoms with Gasteiger partial charge in [-0.25, -0.2) is 5.10 Å². The first kappa shape index (κ1) is 12.2. The largest absolute Gasteiger partial charge is 0.338 e. The molecule has 1 aromatic rings. The highest BCUT2D eigenvalue weighted by Crippen LogP contribution is 2.30. The van der Waals surface area contributed by atoms with E-state index in [1.54, 1.807) is 0 Å². The van der Waals surface area contributed by atoms with Crippen LogP contribution in [0.3, 0.4) is 0 Å². The Morgan fingerprint density at radius 2 is 2.00 bits per heavy atom. The number of nitrogens with one attached hydrogen (secondary N) is 1. The molecule has 100 valence electrons. The van der Waals surface area contributed by atoms with E-state index in [0.717, 1.165) is 49.4 Å². The molecule has 1 aromatic heterocycles. The van der Waals surface area contributed by atoms with Crippen molar-refractivity contribution in [3.8, 4) is 0 Å². The summed E-state index contributed by atoms with van der Waals surface area (Å²) in [6, 6.07) is 0. The van der Waals surface area contributed by atoms with Crippen molar-refractivity contribution >= 4 is 18.2 Å². The molecule has 0 atom stereocenters. The zero-order chi connectivity index (χ0) is 12.5. The highest BCUT2D eigenvalue weighted by atomic mass is 32.1. The van der Waals surface area contributed by atoms with Crippen molar-refractivity contribution in [3.63, 3.8) is 0 Å². The number of H-pyrrole nitrogens is 1. The summed E-state index contributed by atoms with van der Waals surface area (Å²) in [5, 5.41) is 7.26. The first-order chi connectivity index (χ1) is 8.78. The molecule has 1 N–H and O–H groups in total. The van der Waals surface area contributed by atoms with Gasteiger partial charge in [-0.15, -0.1) is 5.10 Å². The molecule has 3 rings (SSSR count). The Morgan fingerprint density at radius 1 is 1.28 bits per heavy atom. The summed E-state index contributed by atoms with van der Waals surface area (Å²) in [6.45, 7) is 8.72. The lowest BCUT2D eigenvalue weighted by molar-refractivity contribution is 0.246. The maximum absolute atomic E-state index is 5.24. The van der Waals surface area contributed by atoms with Gasteiger partial charge in [-0.2, -0.15) is 0 Å². The zero-order valence-corrected chi connectivity index (χ0v) is 11.7. The van der Waals surface area contributed by atoms with E-state index in [1.165, 1.54) is 19.4 Å². The van der Waals surface area contributed by atoms with Crippen molar-refractivity contribution < 1.29 is 0 Å². The van der Waals surface area contributed by atoms with Crippen LogP contribution in [0, 0.1) is 10.7 Å². The van der Waals surface area contributed by atoms with Gasteiger partial charge >= 0.3 is 0 Å². The Kier molecular flexibility index (Phi) is 3.39. The third kappa shape index (κ3) is 2.44. The van der Waals surface area contributed by atoms with Gasteiger partial charge < -0.3 is 4.90 Å². The van der Waals surface area contributed by atoms with Crippen molar-refractivity contribution in [2.75, 3.05) is 37.6 Å². The van der Waals surface area contributed by atoms with Crippen LogP contribution in [-0.4, -0.2) is 52.4 Å². The van der Waals surface area contributed by atoms with E-state index in [-0.39, 0.29) is 0 Å². The van der Waals surface area contributed by atoms with Crippen LogP contribution < -0.4 is 4.90 Å². The zero-order valence-electron chi connectivity index (χ0n) is 10.9. The quantitative estimate of drug-likeness (QED) is 0.839. The predicted molar refractivity (Wildman–Crippen MR) is 74.5 cm³/mol. The minimum Gasteiger partial charge on any atom is -0.338 e. The molecule has 5 nitrogen and oxygen atoms in total. The van der Waals surface area contributed by atoms with Crippen molar-refractivity contribution in [2.24, 2.45) is 5.92 Å². The first-order valence-electron chi connectivity index (χ1n) is 6.90. The summed E-state index contributed by atoms with van der Waals surface area (Å²) in [5.41, 5.74) is 0. The van der Waals surface area contributed by atoms with Crippen molar-refractivity contribution in [1.82, 2.24) is 19.7 Å². The lowest BCUT2D eigenvalue weighted by atomic mass is 10.3. The lowest BCUT2D eigenvalue weighted by Gasteiger charge is -2.35. The van der Waals surface area contributed by atoms with Crippen LogP contribution in [-0.2, 0) is 6.54 Å². The average Bonchev–Trinajstić information content (AvgIpc) is 3.12. The summed E-state index contributed by atoms with van der Waals surface area (Å²) in [5.74, 6) is 2.00. The number of hydrogen-bond donors (Lipinski definition) is 1. The van der Waals surface area contributed by atoms with E-state index in [4.69, 9.17) is 12.2 Å². The number of aromatic nitrogens is 3. The maximum atomic E-state index is 5.24. The lowest BCUT2D eigenvalue weighted by Crippen LogP contribution is -2.47. The minimum absolute atomic E-state index is 0.730. The van der Waals surface area contributed by atoms with Gasteiger partial charge in [0.2, 0.25) is 5.95 Å². The monoisotopic (exact) mass is 267 g/mol. The number of nitrogens with zero attached hydrogens (tertiary/aromatic N) is 4. The molecule has 2 fully saturated rings. The second kappa shape index (κ2) is 5.01. The molecule has 0 amide bonds. The van der Waals surface area contributed by atoms with Gasteiger partial charge in [0.1, 0.15) is 0 Å². The van der Waals surface area contributed by atoms with E-state index in [9.17, 15) is 0 Å². The van der Waals surface area contributed by atoms with Crippen LogP contribution in [0.25, 0.3) is 0 Å². The number of rotatable bonds is 4. The Morgan fingerprint density at radius 3 is 2.61 bits per heavy atom. The number of hydrogen-bond acceptors (Lipinski definition) is 4. The molecule has 0 aromatic carbocycles. The molecule has 1 saturated heterocycles. The SMILES string of the molecule is CCn1c(N2CCN(CC3CC3)CC2)n[nH]c1=S. The molecule has 18 heavy (non-hydrogen) atoms.